The summed E-state index contributed by atoms with van der Waals surface area (Å²) in [6.07, 6.45) is 2.73. The lowest BCUT2D eigenvalue weighted by Crippen LogP contribution is -2.34. The summed E-state index contributed by atoms with van der Waals surface area (Å²) < 4.78 is 1.88. The van der Waals surface area contributed by atoms with Crippen molar-refractivity contribution < 1.29 is 4.79 Å². The van der Waals surface area contributed by atoms with Gasteiger partial charge in [0.2, 0.25) is 0 Å². The lowest BCUT2D eigenvalue weighted by Gasteiger charge is -2.22. The highest BCUT2D eigenvalue weighted by molar-refractivity contribution is 5.95. The maximum absolute atomic E-state index is 13.0. The highest BCUT2D eigenvalue weighted by atomic mass is 35.5. The van der Waals surface area contributed by atoms with Gasteiger partial charge < -0.3 is 10.6 Å². The van der Waals surface area contributed by atoms with E-state index in [1.807, 2.05) is 58.1 Å². The molecule has 1 aromatic heterocycles. The maximum Gasteiger partial charge on any atom is 0.253 e. The molecule has 3 aromatic rings. The van der Waals surface area contributed by atoms with Crippen molar-refractivity contribution in [2.45, 2.75) is 13.3 Å². The second kappa shape index (κ2) is 8.17. The molecular formula is C22H25ClN4O. The fourth-order valence-electron chi connectivity index (χ4n) is 3.65. The van der Waals surface area contributed by atoms with Crippen LogP contribution in [0, 0.1) is 5.41 Å². The maximum atomic E-state index is 13.0. The third kappa shape index (κ3) is 3.81. The number of hydrogen-bond acceptors (Lipinski definition) is 3. The molecule has 2 N–H and O–H groups in total. The number of halogens is 1. The standard InChI is InChI=1S/C22H24N4O.ClH/c1-22(15-23)11-13-25(16-22)21(27)18-8-5-9-19(14-18)26-20(10-12-24-26)17-6-3-2-4-7-17;/h2-10,12,14H,11,13,15-16,23H2,1H3;1H. The van der Waals surface area contributed by atoms with Gasteiger partial charge in [-0.2, -0.15) is 5.10 Å². The molecule has 1 amide bonds. The Bertz CT molecular complexity index is 956. The van der Waals surface area contributed by atoms with Crippen molar-refractivity contribution in [3.8, 4) is 16.9 Å². The average molecular weight is 397 g/mol. The molecule has 4 rings (SSSR count). The number of carbonyl (C=O) groups is 1. The zero-order valence-corrected chi connectivity index (χ0v) is 16.7. The van der Waals surface area contributed by atoms with E-state index in [1.54, 1.807) is 6.20 Å². The van der Waals surface area contributed by atoms with E-state index in [0.29, 0.717) is 18.7 Å². The molecule has 0 saturated carbocycles. The van der Waals surface area contributed by atoms with Crippen LogP contribution in [-0.2, 0) is 0 Å². The normalized spacial score (nSPS) is 18.7. The third-order valence-electron chi connectivity index (χ3n) is 5.39. The monoisotopic (exact) mass is 396 g/mol. The van der Waals surface area contributed by atoms with Gasteiger partial charge in [0.05, 0.1) is 17.6 Å². The minimum atomic E-state index is 0. The van der Waals surface area contributed by atoms with Gasteiger partial charge in [-0.1, -0.05) is 43.3 Å². The lowest BCUT2D eigenvalue weighted by molar-refractivity contribution is 0.0777. The van der Waals surface area contributed by atoms with Crippen molar-refractivity contribution in [2.24, 2.45) is 11.1 Å². The molecule has 2 aromatic carbocycles. The largest absolute Gasteiger partial charge is 0.338 e. The Morgan fingerprint density at radius 1 is 1.14 bits per heavy atom. The Morgan fingerprint density at radius 3 is 2.64 bits per heavy atom. The minimum absolute atomic E-state index is 0. The number of carbonyl (C=O) groups excluding carboxylic acids is 1. The van der Waals surface area contributed by atoms with Gasteiger partial charge in [0.1, 0.15) is 0 Å². The molecule has 1 fully saturated rings. The van der Waals surface area contributed by atoms with Crippen LogP contribution in [0.15, 0.2) is 66.9 Å². The molecule has 0 radical (unpaired) electrons. The Morgan fingerprint density at radius 2 is 1.93 bits per heavy atom. The fraction of sp³-hybridized carbons (Fsp3) is 0.273. The second-order valence-electron chi connectivity index (χ2n) is 7.54. The molecule has 5 nitrogen and oxygen atoms in total. The highest BCUT2D eigenvalue weighted by Crippen LogP contribution is 2.30. The van der Waals surface area contributed by atoms with Crippen LogP contribution >= 0.6 is 12.4 Å². The predicted octanol–water partition coefficient (Wildman–Crippen LogP) is 3.77. The first-order valence-electron chi connectivity index (χ1n) is 9.29. The van der Waals surface area contributed by atoms with Gasteiger partial charge in [-0.15, -0.1) is 12.4 Å². The molecule has 28 heavy (non-hydrogen) atoms. The van der Waals surface area contributed by atoms with Gasteiger partial charge in [-0.3, -0.25) is 4.79 Å². The fourth-order valence-corrected chi connectivity index (χ4v) is 3.65. The zero-order chi connectivity index (χ0) is 18.9. The molecule has 146 valence electrons. The summed E-state index contributed by atoms with van der Waals surface area (Å²) in [6, 6.07) is 19.8. The van der Waals surface area contributed by atoms with Gasteiger partial charge in [0, 0.05) is 24.2 Å². The predicted molar refractivity (Wildman–Crippen MR) is 114 cm³/mol. The van der Waals surface area contributed by atoms with Crippen LogP contribution in [-0.4, -0.2) is 40.2 Å². The molecule has 1 saturated heterocycles. The van der Waals surface area contributed by atoms with Crippen molar-refractivity contribution in [3.63, 3.8) is 0 Å². The molecule has 1 aliphatic heterocycles. The number of hydrogen-bond donors (Lipinski definition) is 1. The number of nitrogens with zero attached hydrogens (tertiary/aromatic N) is 3. The van der Waals surface area contributed by atoms with Crippen LogP contribution in [0.4, 0.5) is 0 Å². The van der Waals surface area contributed by atoms with E-state index in [0.717, 1.165) is 29.9 Å². The van der Waals surface area contributed by atoms with E-state index in [-0.39, 0.29) is 23.7 Å². The van der Waals surface area contributed by atoms with Gasteiger partial charge in [-0.25, -0.2) is 4.68 Å². The van der Waals surface area contributed by atoms with Crippen LogP contribution in [0.2, 0.25) is 0 Å². The molecular weight excluding hydrogens is 372 g/mol. The van der Waals surface area contributed by atoms with E-state index < -0.39 is 0 Å². The Balaban J connectivity index is 0.00000225. The van der Waals surface area contributed by atoms with Crippen molar-refractivity contribution in [1.29, 1.82) is 0 Å². The third-order valence-corrected chi connectivity index (χ3v) is 5.39. The van der Waals surface area contributed by atoms with Gasteiger partial charge in [0.25, 0.3) is 5.91 Å². The lowest BCUT2D eigenvalue weighted by atomic mass is 9.90. The summed E-state index contributed by atoms with van der Waals surface area (Å²) in [5, 5.41) is 4.47. The van der Waals surface area contributed by atoms with Crippen molar-refractivity contribution in [3.05, 3.63) is 72.4 Å². The first kappa shape index (κ1) is 20.1. The number of benzene rings is 2. The first-order chi connectivity index (χ1) is 13.1. The van der Waals surface area contributed by atoms with Gasteiger partial charge >= 0.3 is 0 Å². The molecule has 6 heteroatoms. The summed E-state index contributed by atoms with van der Waals surface area (Å²) in [5.41, 5.74) is 9.55. The summed E-state index contributed by atoms with van der Waals surface area (Å²) in [5.74, 6) is 0.0578. The van der Waals surface area contributed by atoms with Crippen molar-refractivity contribution in [1.82, 2.24) is 14.7 Å². The zero-order valence-electron chi connectivity index (χ0n) is 15.9. The highest BCUT2D eigenvalue weighted by Gasteiger charge is 2.35. The Hall–Kier alpha value is -2.63. The minimum Gasteiger partial charge on any atom is -0.338 e. The summed E-state index contributed by atoms with van der Waals surface area (Å²) >= 11 is 0. The number of likely N-dealkylation sites (tertiary alicyclic amines) is 1. The smallest absolute Gasteiger partial charge is 0.253 e. The number of amides is 1. The Kier molecular flexibility index (Phi) is 5.87. The summed E-state index contributed by atoms with van der Waals surface area (Å²) in [7, 11) is 0. The first-order valence-corrected chi connectivity index (χ1v) is 9.29. The van der Waals surface area contributed by atoms with E-state index in [4.69, 9.17) is 5.73 Å². The van der Waals surface area contributed by atoms with Crippen LogP contribution in [0.25, 0.3) is 16.9 Å². The molecule has 0 aliphatic carbocycles. The average Bonchev–Trinajstić information content (AvgIpc) is 3.36. The number of aromatic nitrogens is 2. The van der Waals surface area contributed by atoms with Crippen molar-refractivity contribution in [2.75, 3.05) is 19.6 Å². The molecule has 1 aliphatic rings. The van der Waals surface area contributed by atoms with Crippen LogP contribution in [0.5, 0.6) is 0 Å². The van der Waals surface area contributed by atoms with Gasteiger partial charge in [-0.05, 0) is 42.6 Å². The summed E-state index contributed by atoms with van der Waals surface area (Å²) in [4.78, 5) is 14.9. The molecule has 1 unspecified atom stereocenters. The quantitative estimate of drug-likeness (QED) is 0.730. The molecule has 2 heterocycles. The van der Waals surface area contributed by atoms with E-state index >= 15 is 0 Å². The topological polar surface area (TPSA) is 64.2 Å². The van der Waals surface area contributed by atoms with Crippen molar-refractivity contribution >= 4 is 18.3 Å². The SMILES string of the molecule is CC1(CN)CCN(C(=O)c2cccc(-n3nccc3-c3ccccc3)c2)C1.Cl. The van der Waals surface area contributed by atoms with Crippen LogP contribution in [0.1, 0.15) is 23.7 Å². The molecule has 0 bridgehead atoms. The van der Waals surface area contributed by atoms with E-state index in [9.17, 15) is 4.79 Å². The Labute approximate surface area is 171 Å². The second-order valence-corrected chi connectivity index (χ2v) is 7.54. The van der Waals surface area contributed by atoms with E-state index in [1.165, 1.54) is 0 Å². The van der Waals surface area contributed by atoms with Crippen LogP contribution < -0.4 is 5.73 Å². The summed E-state index contributed by atoms with van der Waals surface area (Å²) in [6.45, 7) is 4.22. The van der Waals surface area contributed by atoms with E-state index in [2.05, 4.69) is 24.2 Å². The molecule has 0 spiro atoms. The van der Waals surface area contributed by atoms with Gasteiger partial charge in [0.15, 0.2) is 0 Å². The molecule has 1 atom stereocenters. The number of nitrogens with two attached hydrogens (primary N) is 1. The number of rotatable bonds is 4. The van der Waals surface area contributed by atoms with Crippen LogP contribution in [0.3, 0.4) is 0 Å².